The molecular formula is C26H32SiZr. The van der Waals surface area contributed by atoms with Gasteiger partial charge in [-0.2, -0.15) is 10.4 Å². The molecule has 4 aromatic rings. The normalized spacial score (nSPS) is 11.0. The minimum Gasteiger partial charge on any atom is -0.358 e. The minimum absolute atomic E-state index is 0. The Labute approximate surface area is 191 Å². The van der Waals surface area contributed by atoms with Gasteiger partial charge in [0.15, 0.2) is 0 Å². The number of benzene rings is 2. The van der Waals surface area contributed by atoms with Crippen molar-refractivity contribution in [1.82, 2.24) is 0 Å². The Bertz CT molecular complexity index is 965. The van der Waals surface area contributed by atoms with E-state index in [1.807, 2.05) is 0 Å². The molecule has 0 aliphatic heterocycles. The number of hydrogen-bond acceptors (Lipinski definition) is 0. The fourth-order valence-electron chi connectivity index (χ4n) is 4.73. The first-order chi connectivity index (χ1) is 12.1. The van der Waals surface area contributed by atoms with E-state index in [9.17, 15) is 0 Å². The zero-order valence-electron chi connectivity index (χ0n) is 18.2. The molecule has 0 fully saturated rings. The van der Waals surface area contributed by atoms with Crippen molar-refractivity contribution < 1.29 is 26.2 Å². The molecule has 4 rings (SSSR count). The van der Waals surface area contributed by atoms with Crippen LogP contribution in [0.25, 0.3) is 21.5 Å². The van der Waals surface area contributed by atoms with E-state index in [2.05, 4.69) is 87.6 Å². The van der Waals surface area contributed by atoms with E-state index < -0.39 is 8.07 Å². The summed E-state index contributed by atoms with van der Waals surface area (Å²) >= 11 is 0. The Morgan fingerprint density at radius 2 is 1.04 bits per heavy atom. The fraction of sp³-hybridized carbons (Fsp3) is 0.231. The van der Waals surface area contributed by atoms with Crippen molar-refractivity contribution in [2.24, 2.45) is 0 Å². The number of hydrogen-bond donors (Lipinski definition) is 0. The molecule has 0 radical (unpaired) electrons. The van der Waals surface area contributed by atoms with Gasteiger partial charge in [0, 0.05) is 8.07 Å². The van der Waals surface area contributed by atoms with Gasteiger partial charge in [-0.3, -0.25) is 0 Å². The second-order valence-electron chi connectivity index (χ2n) is 7.60. The average molecular weight is 464 g/mol. The van der Waals surface area contributed by atoms with Crippen LogP contribution in [0, 0.1) is 14.9 Å². The molecule has 0 unspecified atom stereocenters. The molecule has 0 spiro atoms. The van der Waals surface area contributed by atoms with Crippen LogP contribution in [-0.2, 0) is 39.0 Å². The summed E-state index contributed by atoms with van der Waals surface area (Å²) in [7, 11) is -1.81. The van der Waals surface area contributed by atoms with Crippen molar-refractivity contribution in [3.05, 3.63) is 86.6 Å². The molecule has 0 aliphatic carbocycles. The van der Waals surface area contributed by atoms with Gasteiger partial charge in [0.1, 0.15) is 0 Å². The maximum atomic E-state index is 2.55. The summed E-state index contributed by atoms with van der Waals surface area (Å²) < 4.78 is 0. The minimum atomic E-state index is -1.81. The second kappa shape index (κ2) is 9.51. The van der Waals surface area contributed by atoms with Gasteiger partial charge >= 0.3 is 26.2 Å². The van der Waals surface area contributed by atoms with Gasteiger partial charge in [-0.05, 0) is 12.8 Å². The Morgan fingerprint density at radius 3 is 1.39 bits per heavy atom. The third-order valence-corrected chi connectivity index (χ3v) is 9.45. The van der Waals surface area contributed by atoms with Crippen LogP contribution in [0.2, 0.25) is 13.1 Å². The smallest absolute Gasteiger partial charge is 0.358 e. The van der Waals surface area contributed by atoms with E-state index in [0.29, 0.717) is 0 Å². The summed E-state index contributed by atoms with van der Waals surface area (Å²) in [6.07, 6.45) is 2.22. The van der Waals surface area contributed by atoms with Crippen LogP contribution in [0.15, 0.2) is 60.7 Å². The zero-order valence-corrected chi connectivity index (χ0v) is 21.6. The molecule has 0 bridgehead atoms. The van der Waals surface area contributed by atoms with Gasteiger partial charge in [0.2, 0.25) is 0 Å². The SMILES string of the molecule is CCc1[cH-]c2ccccc2c1[Si](C)(C)c1c(CC)[cH-]c2ccccc12.[CH3-].[CH3-].[Zr+4]. The predicted molar refractivity (Wildman–Crippen MR) is 127 cm³/mol. The van der Waals surface area contributed by atoms with Gasteiger partial charge in [-0.1, -0.05) is 39.1 Å². The molecule has 0 heterocycles. The molecule has 2 heteroatoms. The van der Waals surface area contributed by atoms with E-state index in [-0.39, 0.29) is 41.1 Å². The van der Waals surface area contributed by atoms with Crippen molar-refractivity contribution in [2.45, 2.75) is 39.8 Å². The van der Waals surface area contributed by atoms with Gasteiger partial charge in [-0.15, -0.1) is 81.2 Å². The summed E-state index contributed by atoms with van der Waals surface area (Å²) in [6, 6.07) is 22.8. The largest absolute Gasteiger partial charge is 4.00 e. The molecule has 0 aliphatic rings. The van der Waals surface area contributed by atoms with Gasteiger partial charge in [0.05, 0.1) is 0 Å². The van der Waals surface area contributed by atoms with Crippen molar-refractivity contribution in [3.63, 3.8) is 0 Å². The van der Waals surface area contributed by atoms with Crippen molar-refractivity contribution in [3.8, 4) is 0 Å². The van der Waals surface area contributed by atoms with Gasteiger partial charge < -0.3 is 14.9 Å². The molecule has 0 amide bonds. The molecule has 0 N–H and O–H groups in total. The first-order valence-corrected chi connectivity index (χ1v) is 12.4. The molecular weight excluding hydrogens is 432 g/mol. The molecule has 0 aromatic heterocycles. The van der Waals surface area contributed by atoms with Crippen LogP contribution < -0.4 is 10.4 Å². The number of aryl methyl sites for hydroxylation is 2. The standard InChI is InChI=1S/C24H26Si.2CH3.Zr/c1-5-17-15-19-11-7-9-13-21(19)23(17)25(3,4)24-18(6-2)16-20-12-8-10-14-22(20)24;;;/h7-16H,5-6H2,1-4H3;2*1H3;/q-2;2*-1;+4. The molecule has 0 saturated heterocycles. The van der Waals surface area contributed by atoms with Crippen molar-refractivity contribution >= 4 is 40.0 Å². The van der Waals surface area contributed by atoms with Gasteiger partial charge in [0.25, 0.3) is 0 Å². The summed E-state index contributed by atoms with van der Waals surface area (Å²) in [5, 5.41) is 9.06. The fourth-order valence-corrected chi connectivity index (χ4v) is 8.88. The molecule has 0 saturated carbocycles. The number of fused-ring (bicyclic) bond motifs is 2. The van der Waals surface area contributed by atoms with Crippen LogP contribution >= 0.6 is 0 Å². The monoisotopic (exact) mass is 462 g/mol. The average Bonchev–Trinajstić information content (AvgIpc) is 3.20. The Hall–Kier alpha value is -1.24. The zero-order chi connectivity index (χ0) is 17.6. The molecule has 28 heavy (non-hydrogen) atoms. The maximum Gasteiger partial charge on any atom is 4.00 e. The molecule has 144 valence electrons. The first kappa shape index (κ1) is 24.8. The molecule has 4 aromatic carbocycles. The second-order valence-corrected chi connectivity index (χ2v) is 11.8. The Balaban J connectivity index is 0.00000131. The Morgan fingerprint density at radius 1 is 0.679 bits per heavy atom. The van der Waals surface area contributed by atoms with E-state index in [1.165, 1.54) is 21.5 Å². The van der Waals surface area contributed by atoms with Gasteiger partial charge in [-0.25, -0.2) is 0 Å². The van der Waals surface area contributed by atoms with Crippen LogP contribution in [0.5, 0.6) is 0 Å². The third-order valence-electron chi connectivity index (χ3n) is 5.77. The summed E-state index contributed by atoms with van der Waals surface area (Å²) in [5.74, 6) is 0. The summed E-state index contributed by atoms with van der Waals surface area (Å²) in [6.45, 7) is 9.70. The van der Waals surface area contributed by atoms with Crippen LogP contribution in [0.3, 0.4) is 0 Å². The van der Waals surface area contributed by atoms with Crippen LogP contribution in [0.4, 0.5) is 0 Å². The number of rotatable bonds is 4. The van der Waals surface area contributed by atoms with E-state index >= 15 is 0 Å². The van der Waals surface area contributed by atoms with E-state index in [4.69, 9.17) is 0 Å². The topological polar surface area (TPSA) is 0 Å². The Kier molecular flexibility index (Phi) is 8.42. The van der Waals surface area contributed by atoms with E-state index in [0.717, 1.165) is 12.8 Å². The van der Waals surface area contributed by atoms with Crippen LogP contribution in [-0.4, -0.2) is 8.07 Å². The summed E-state index contributed by atoms with van der Waals surface area (Å²) in [5.41, 5.74) is 3.09. The first-order valence-electron chi connectivity index (χ1n) is 9.43. The molecule has 0 atom stereocenters. The predicted octanol–water partition coefficient (Wildman–Crippen LogP) is 6.28. The van der Waals surface area contributed by atoms with Crippen LogP contribution in [0.1, 0.15) is 25.0 Å². The summed E-state index contributed by atoms with van der Waals surface area (Å²) in [4.78, 5) is 0. The van der Waals surface area contributed by atoms with Crippen molar-refractivity contribution in [2.75, 3.05) is 0 Å². The quantitative estimate of drug-likeness (QED) is 0.247. The molecule has 0 nitrogen and oxygen atoms in total. The maximum absolute atomic E-state index is 2.55. The van der Waals surface area contributed by atoms with Crippen molar-refractivity contribution in [1.29, 1.82) is 0 Å². The third kappa shape index (κ3) is 3.79. The van der Waals surface area contributed by atoms with E-state index in [1.54, 1.807) is 21.5 Å².